The van der Waals surface area contributed by atoms with Gasteiger partial charge in [-0.1, -0.05) is 0 Å². The third-order valence-electron chi connectivity index (χ3n) is 3.76. The van der Waals surface area contributed by atoms with E-state index in [9.17, 15) is 4.79 Å². The van der Waals surface area contributed by atoms with E-state index in [1.54, 1.807) is 10.9 Å². The van der Waals surface area contributed by atoms with Crippen LogP contribution >= 0.6 is 24.8 Å². The van der Waals surface area contributed by atoms with Crippen molar-refractivity contribution in [2.45, 2.75) is 25.8 Å². The number of aryl methyl sites for hydroxylation is 2. The van der Waals surface area contributed by atoms with Gasteiger partial charge in [-0.25, -0.2) is 4.98 Å². The highest BCUT2D eigenvalue weighted by atomic mass is 35.5. The number of piperidine rings is 1. The maximum absolute atomic E-state index is 12.3. The number of carbonyl (C=O) groups excluding carboxylic acids is 1. The average molecular weight is 346 g/mol. The Morgan fingerprint density at radius 2 is 2.23 bits per heavy atom. The van der Waals surface area contributed by atoms with Crippen LogP contribution < -0.4 is 10.6 Å². The number of fused-ring (bicyclic) bond motifs is 1. The van der Waals surface area contributed by atoms with E-state index >= 15 is 0 Å². The number of hydrogen-bond donors (Lipinski definition) is 2. The molecule has 6 nitrogen and oxygen atoms in total. The Kier molecular flexibility index (Phi) is 6.59. The van der Waals surface area contributed by atoms with Crippen LogP contribution in [0.15, 0.2) is 12.3 Å². The fourth-order valence-electron chi connectivity index (χ4n) is 2.68. The van der Waals surface area contributed by atoms with Gasteiger partial charge < -0.3 is 10.6 Å². The predicted octanol–water partition coefficient (Wildman–Crippen LogP) is 1.60. The van der Waals surface area contributed by atoms with Crippen LogP contribution in [0.3, 0.4) is 0 Å². The number of amides is 1. The molecule has 3 heterocycles. The van der Waals surface area contributed by atoms with Gasteiger partial charge >= 0.3 is 0 Å². The second kappa shape index (κ2) is 7.76. The summed E-state index contributed by atoms with van der Waals surface area (Å²) in [5.41, 5.74) is 2.29. The summed E-state index contributed by atoms with van der Waals surface area (Å²) in [7, 11) is 1.86. The molecule has 122 valence electrons. The quantitative estimate of drug-likeness (QED) is 0.867. The lowest BCUT2D eigenvalue weighted by molar-refractivity contribution is 0.0930. The summed E-state index contributed by atoms with van der Waals surface area (Å²) in [4.78, 5) is 16.6. The molecule has 1 aliphatic heterocycles. The first-order valence-electron chi connectivity index (χ1n) is 6.96. The largest absolute Gasteiger partial charge is 0.348 e. The second-order valence-electron chi connectivity index (χ2n) is 5.32. The maximum atomic E-state index is 12.3. The summed E-state index contributed by atoms with van der Waals surface area (Å²) in [6, 6.07) is 2.08. The molecular formula is C14H21Cl2N5O. The Bertz CT molecular complexity index is 652. The molecule has 0 spiro atoms. The highest BCUT2D eigenvalue weighted by Crippen LogP contribution is 2.16. The lowest BCUT2D eigenvalue weighted by Crippen LogP contribution is -2.45. The summed E-state index contributed by atoms with van der Waals surface area (Å²) in [6.45, 7) is 3.80. The molecule has 3 rings (SSSR count). The summed E-state index contributed by atoms with van der Waals surface area (Å²) in [6.07, 6.45) is 3.75. The van der Waals surface area contributed by atoms with Crippen LogP contribution in [0, 0.1) is 6.92 Å². The van der Waals surface area contributed by atoms with Crippen molar-refractivity contribution in [3.63, 3.8) is 0 Å². The summed E-state index contributed by atoms with van der Waals surface area (Å²) in [5.74, 6) is -0.0589. The van der Waals surface area contributed by atoms with Crippen LogP contribution in [0.25, 0.3) is 11.0 Å². The Balaban J connectivity index is 0.00000121. The van der Waals surface area contributed by atoms with Gasteiger partial charge in [0.25, 0.3) is 5.91 Å². The monoisotopic (exact) mass is 345 g/mol. The molecule has 1 atom stereocenters. The van der Waals surface area contributed by atoms with Crippen molar-refractivity contribution in [1.82, 2.24) is 25.4 Å². The number of pyridine rings is 1. The Hall–Kier alpha value is -1.37. The first-order valence-corrected chi connectivity index (χ1v) is 6.96. The minimum absolute atomic E-state index is 0. The zero-order chi connectivity index (χ0) is 14.1. The van der Waals surface area contributed by atoms with Crippen molar-refractivity contribution in [2.75, 3.05) is 13.1 Å². The van der Waals surface area contributed by atoms with Gasteiger partial charge in [0.1, 0.15) is 0 Å². The van der Waals surface area contributed by atoms with E-state index in [2.05, 4.69) is 20.7 Å². The maximum Gasteiger partial charge on any atom is 0.253 e. The third-order valence-corrected chi connectivity index (χ3v) is 3.76. The standard InChI is InChI=1S/C14H19N5O.2ClH/c1-9-12-6-10(7-16-13(12)19(2)18-9)14(20)17-11-4-3-5-15-8-11;;/h6-7,11,15H,3-5,8H2,1-2H3,(H,17,20);2*1H/t11-;;/m0../s1. The average Bonchev–Trinajstić information content (AvgIpc) is 2.75. The molecule has 2 aromatic heterocycles. The van der Waals surface area contributed by atoms with Crippen molar-refractivity contribution in [1.29, 1.82) is 0 Å². The van der Waals surface area contributed by atoms with Crippen LogP contribution in [-0.4, -0.2) is 39.8 Å². The molecule has 1 saturated heterocycles. The van der Waals surface area contributed by atoms with Crippen molar-refractivity contribution in [2.24, 2.45) is 7.05 Å². The molecular weight excluding hydrogens is 325 g/mol. The molecule has 0 saturated carbocycles. The van der Waals surface area contributed by atoms with E-state index < -0.39 is 0 Å². The molecule has 1 fully saturated rings. The first-order chi connectivity index (χ1) is 9.65. The van der Waals surface area contributed by atoms with E-state index in [0.717, 1.165) is 42.7 Å². The van der Waals surface area contributed by atoms with Gasteiger partial charge in [-0.15, -0.1) is 24.8 Å². The smallest absolute Gasteiger partial charge is 0.253 e. The number of carbonyl (C=O) groups is 1. The number of halogens is 2. The number of nitrogens with zero attached hydrogens (tertiary/aromatic N) is 3. The van der Waals surface area contributed by atoms with E-state index in [4.69, 9.17) is 0 Å². The molecule has 2 aromatic rings. The lowest BCUT2D eigenvalue weighted by atomic mass is 10.1. The molecule has 0 aliphatic carbocycles. The molecule has 22 heavy (non-hydrogen) atoms. The second-order valence-corrected chi connectivity index (χ2v) is 5.32. The highest BCUT2D eigenvalue weighted by Gasteiger charge is 2.17. The Labute approximate surface area is 141 Å². The van der Waals surface area contributed by atoms with Crippen LogP contribution in [-0.2, 0) is 7.05 Å². The van der Waals surface area contributed by atoms with Gasteiger partial charge in [-0.3, -0.25) is 9.48 Å². The van der Waals surface area contributed by atoms with Crippen molar-refractivity contribution in [3.8, 4) is 0 Å². The van der Waals surface area contributed by atoms with Gasteiger partial charge in [0.15, 0.2) is 5.65 Å². The molecule has 0 unspecified atom stereocenters. The van der Waals surface area contributed by atoms with Crippen LogP contribution in [0.2, 0.25) is 0 Å². The van der Waals surface area contributed by atoms with Crippen LogP contribution in [0.1, 0.15) is 28.9 Å². The topological polar surface area (TPSA) is 71.8 Å². The summed E-state index contributed by atoms with van der Waals surface area (Å²) < 4.78 is 1.73. The van der Waals surface area contributed by atoms with Gasteiger partial charge in [-0.05, 0) is 32.4 Å². The summed E-state index contributed by atoms with van der Waals surface area (Å²) in [5, 5.41) is 11.6. The first kappa shape index (κ1) is 18.7. The number of rotatable bonds is 2. The highest BCUT2D eigenvalue weighted by molar-refractivity contribution is 5.97. The zero-order valence-electron chi connectivity index (χ0n) is 12.6. The molecule has 1 amide bonds. The van der Waals surface area contributed by atoms with Gasteiger partial charge in [0.2, 0.25) is 0 Å². The normalized spacial score (nSPS) is 17.5. The Morgan fingerprint density at radius 3 is 2.91 bits per heavy atom. The molecule has 2 N–H and O–H groups in total. The lowest BCUT2D eigenvalue weighted by Gasteiger charge is -2.23. The van der Waals surface area contributed by atoms with Gasteiger partial charge in [-0.2, -0.15) is 5.10 Å². The molecule has 0 bridgehead atoms. The SMILES string of the molecule is Cc1nn(C)c2ncc(C(=O)N[C@H]3CCCNC3)cc12.Cl.Cl. The number of aromatic nitrogens is 3. The van der Waals surface area contributed by atoms with Gasteiger partial charge in [0, 0.05) is 31.2 Å². The number of hydrogen-bond acceptors (Lipinski definition) is 4. The molecule has 0 radical (unpaired) electrons. The van der Waals surface area contributed by atoms with E-state index in [1.165, 1.54) is 0 Å². The van der Waals surface area contributed by atoms with Gasteiger partial charge in [0.05, 0.1) is 11.3 Å². The minimum Gasteiger partial charge on any atom is -0.348 e. The van der Waals surface area contributed by atoms with Crippen molar-refractivity contribution in [3.05, 3.63) is 23.5 Å². The third kappa shape index (κ3) is 3.69. The van der Waals surface area contributed by atoms with Crippen molar-refractivity contribution < 1.29 is 4.79 Å². The van der Waals surface area contributed by atoms with Crippen LogP contribution in [0.5, 0.6) is 0 Å². The molecule has 8 heteroatoms. The van der Waals surface area contributed by atoms with E-state index in [-0.39, 0.29) is 36.8 Å². The molecule has 0 aromatic carbocycles. The van der Waals surface area contributed by atoms with Crippen molar-refractivity contribution >= 4 is 41.8 Å². The minimum atomic E-state index is -0.0589. The zero-order valence-corrected chi connectivity index (χ0v) is 14.3. The summed E-state index contributed by atoms with van der Waals surface area (Å²) >= 11 is 0. The Morgan fingerprint density at radius 1 is 1.45 bits per heavy atom. The van der Waals surface area contributed by atoms with E-state index in [0.29, 0.717) is 5.56 Å². The fraction of sp³-hybridized carbons (Fsp3) is 0.500. The molecule has 1 aliphatic rings. The number of nitrogens with one attached hydrogen (secondary N) is 2. The predicted molar refractivity (Wildman–Crippen MR) is 91.1 cm³/mol. The van der Waals surface area contributed by atoms with Crippen LogP contribution in [0.4, 0.5) is 0 Å². The fourth-order valence-corrected chi connectivity index (χ4v) is 2.68. The van der Waals surface area contributed by atoms with E-state index in [1.807, 2.05) is 20.0 Å².